The molecule has 0 saturated carbocycles. The number of benzene rings is 1. The number of halogens is 1. The van der Waals surface area contributed by atoms with Crippen LogP contribution in [0.4, 0.5) is 27.4 Å². The minimum absolute atomic E-state index is 0.0109. The van der Waals surface area contributed by atoms with Crippen molar-refractivity contribution in [3.63, 3.8) is 0 Å². The predicted molar refractivity (Wildman–Crippen MR) is 245 cm³/mol. The summed E-state index contributed by atoms with van der Waals surface area (Å²) in [5, 5.41) is 16.1. The minimum Gasteiger partial charge on any atom is -0.392 e. The van der Waals surface area contributed by atoms with Gasteiger partial charge in [-0.25, -0.2) is 14.4 Å². The van der Waals surface area contributed by atoms with Crippen LogP contribution in [0.3, 0.4) is 0 Å². The smallest absolute Gasteiger partial charge is 0.276 e. The number of carbonyl (C=O) groups excluding carboxylic acids is 5. The molecule has 18 heteroatoms. The normalized spacial score (nSPS) is 19.3. The zero-order valence-electron chi connectivity index (χ0n) is 37.8. The van der Waals surface area contributed by atoms with Gasteiger partial charge in [0, 0.05) is 87.0 Å². The minimum atomic E-state index is -1.17. The molecule has 67 heavy (non-hydrogen) atoms. The van der Waals surface area contributed by atoms with Crippen LogP contribution in [-0.2, 0) is 49.2 Å². The fourth-order valence-corrected chi connectivity index (χ4v) is 10.6. The van der Waals surface area contributed by atoms with E-state index in [2.05, 4.69) is 43.9 Å². The number of pyridine rings is 3. The van der Waals surface area contributed by atoms with E-state index in [4.69, 9.17) is 0 Å². The van der Waals surface area contributed by atoms with Gasteiger partial charge in [0.15, 0.2) is 0 Å². The molecule has 2 saturated heterocycles. The molecule has 346 valence electrons. The Morgan fingerprint density at radius 2 is 1.70 bits per heavy atom. The number of aromatic nitrogens is 4. The SMILES string of the molecule is CN(Cc1ccc2c(c1F)C(=O)N(C1CCC(=O)NC1=O)C2=O)C1CCN(c2ccc(Nc3cc(-c4ccnc(N5CCn6c(cc7c6CC(C)(C)C7)C5=O)c4CO)cn(C)c3=O)nc2)CC1. The number of carbonyl (C=O) groups is 5. The van der Waals surface area contributed by atoms with Gasteiger partial charge in [-0.1, -0.05) is 19.9 Å². The first-order valence-electron chi connectivity index (χ1n) is 22.6. The van der Waals surface area contributed by atoms with Crippen molar-refractivity contribution in [2.45, 2.75) is 84.2 Å². The summed E-state index contributed by atoms with van der Waals surface area (Å²) < 4.78 is 19.6. The molecule has 0 spiro atoms. The van der Waals surface area contributed by atoms with Gasteiger partial charge in [0.2, 0.25) is 11.8 Å². The van der Waals surface area contributed by atoms with E-state index in [0.717, 1.165) is 36.3 Å². The third-order valence-electron chi connectivity index (χ3n) is 14.1. The molecule has 1 aliphatic carbocycles. The molecule has 3 N–H and O–H groups in total. The maximum atomic E-state index is 16.0. The fourth-order valence-electron chi connectivity index (χ4n) is 10.6. The average Bonchev–Trinajstić information content (AvgIpc) is 3.90. The van der Waals surface area contributed by atoms with Crippen LogP contribution < -0.4 is 26.0 Å². The molecular weight excluding hydrogens is 860 g/mol. The van der Waals surface area contributed by atoms with Crippen LogP contribution in [0.2, 0.25) is 0 Å². The Balaban J connectivity index is 0.786. The maximum absolute atomic E-state index is 16.0. The molecule has 2 fully saturated rings. The molecule has 5 aliphatic rings. The van der Waals surface area contributed by atoms with E-state index in [1.54, 1.807) is 42.7 Å². The monoisotopic (exact) mass is 910 g/mol. The molecule has 8 heterocycles. The van der Waals surface area contributed by atoms with Crippen molar-refractivity contribution in [1.82, 2.24) is 34.2 Å². The van der Waals surface area contributed by atoms with E-state index in [1.807, 2.05) is 30.1 Å². The third kappa shape index (κ3) is 7.66. The lowest BCUT2D eigenvalue weighted by Crippen LogP contribution is -2.54. The number of amides is 5. The van der Waals surface area contributed by atoms with Crippen LogP contribution in [-0.4, -0.2) is 102 Å². The zero-order chi connectivity index (χ0) is 47.1. The first-order valence-corrected chi connectivity index (χ1v) is 22.6. The number of nitrogens with zero attached hydrogens (tertiary/aromatic N) is 8. The molecule has 1 unspecified atom stereocenters. The topological polar surface area (TPSA) is 195 Å². The van der Waals surface area contributed by atoms with Crippen molar-refractivity contribution in [2.24, 2.45) is 12.5 Å². The highest BCUT2D eigenvalue weighted by Gasteiger charge is 2.46. The molecule has 5 amide bonds. The number of hydrogen-bond donors (Lipinski definition) is 3. The second-order valence-corrected chi connectivity index (χ2v) is 19.1. The Hall–Kier alpha value is -7.05. The van der Waals surface area contributed by atoms with Gasteiger partial charge in [0.05, 0.1) is 29.6 Å². The Morgan fingerprint density at radius 3 is 2.43 bits per heavy atom. The lowest BCUT2D eigenvalue weighted by atomic mass is 9.90. The highest BCUT2D eigenvalue weighted by molar-refractivity contribution is 6.23. The number of aryl methyl sites for hydroxylation is 1. The van der Waals surface area contributed by atoms with E-state index >= 15 is 4.39 Å². The van der Waals surface area contributed by atoms with Gasteiger partial charge in [-0.05, 0) is 92.1 Å². The van der Waals surface area contributed by atoms with Crippen molar-refractivity contribution in [3.05, 3.63) is 116 Å². The number of nitrogens with one attached hydrogen (secondary N) is 2. The molecule has 1 atom stereocenters. The lowest BCUT2D eigenvalue weighted by molar-refractivity contribution is -0.136. The molecule has 4 aromatic heterocycles. The summed E-state index contributed by atoms with van der Waals surface area (Å²) in [5.41, 5.74) is 5.74. The predicted octanol–water partition coefficient (Wildman–Crippen LogP) is 4.31. The van der Waals surface area contributed by atoms with Gasteiger partial charge in [-0.15, -0.1) is 0 Å². The summed E-state index contributed by atoms with van der Waals surface area (Å²) in [5.74, 6) is -2.94. The van der Waals surface area contributed by atoms with Gasteiger partial charge in [0.1, 0.15) is 34.9 Å². The largest absolute Gasteiger partial charge is 0.392 e. The van der Waals surface area contributed by atoms with Crippen LogP contribution in [0.15, 0.2) is 65.8 Å². The molecule has 0 radical (unpaired) electrons. The molecule has 1 aromatic carbocycles. The molecule has 0 bridgehead atoms. The van der Waals surface area contributed by atoms with Crippen molar-refractivity contribution < 1.29 is 33.5 Å². The fraction of sp³-hybridized carbons (Fsp3) is 0.388. The first-order chi connectivity index (χ1) is 32.1. The zero-order valence-corrected chi connectivity index (χ0v) is 37.8. The van der Waals surface area contributed by atoms with Gasteiger partial charge in [0.25, 0.3) is 23.3 Å². The van der Waals surface area contributed by atoms with Gasteiger partial charge in [-0.3, -0.25) is 48.8 Å². The number of aliphatic hydroxyl groups is 1. The second kappa shape index (κ2) is 16.7. The number of anilines is 4. The number of hydrogen-bond acceptors (Lipinski definition) is 12. The van der Waals surface area contributed by atoms with E-state index in [-0.39, 0.29) is 71.3 Å². The molecule has 4 aliphatic heterocycles. The Kier molecular flexibility index (Phi) is 10.9. The average molecular weight is 911 g/mol. The van der Waals surface area contributed by atoms with Crippen LogP contribution in [0.1, 0.15) is 93.1 Å². The Bertz CT molecular complexity index is 2970. The van der Waals surface area contributed by atoms with Crippen molar-refractivity contribution >= 4 is 52.5 Å². The Morgan fingerprint density at radius 1 is 0.910 bits per heavy atom. The summed E-state index contributed by atoms with van der Waals surface area (Å²) in [6.07, 6.45) is 8.40. The summed E-state index contributed by atoms with van der Waals surface area (Å²) in [4.78, 5) is 93.9. The van der Waals surface area contributed by atoms with Gasteiger partial charge in [-0.2, -0.15) is 0 Å². The number of imide groups is 2. The lowest BCUT2D eigenvalue weighted by Gasteiger charge is -2.37. The van der Waals surface area contributed by atoms with Crippen molar-refractivity contribution in [3.8, 4) is 11.1 Å². The second-order valence-electron chi connectivity index (χ2n) is 19.1. The number of fused-ring (bicyclic) bond motifs is 4. The number of rotatable bonds is 10. The molecular formula is C49H51FN10O7. The third-order valence-corrected chi connectivity index (χ3v) is 14.1. The van der Waals surface area contributed by atoms with Crippen molar-refractivity contribution in [2.75, 3.05) is 41.8 Å². The highest BCUT2D eigenvalue weighted by atomic mass is 19.1. The first kappa shape index (κ1) is 43.8. The standard InChI is InChI=1S/C49H51FN10O7/c1-49(2)21-28-20-37-47(66)59(18-17-58(37)38(28)22-49)43-34(26-61)32(11-14-51-43)29-19-35(46(65)56(4)25-29)53-39-9-6-31(23-52-39)57-15-12-30(13-16-57)55(3)24-27-5-7-33-41(42(27)50)48(67)60(45(33)64)36-8-10-40(62)54-44(36)63/h5-7,9,11,14,19-20,23,25,30,36,61H,8,10,12-13,15-18,21-22,24,26H2,1-4H3,(H,52,53)(H,54,62,63). The van der Waals surface area contributed by atoms with E-state index in [1.165, 1.54) is 28.0 Å². The summed E-state index contributed by atoms with van der Waals surface area (Å²) in [7, 11) is 3.55. The van der Waals surface area contributed by atoms with E-state index in [9.17, 15) is 33.9 Å². The summed E-state index contributed by atoms with van der Waals surface area (Å²) in [6.45, 7) is 6.76. The van der Waals surface area contributed by atoms with Gasteiger partial charge >= 0.3 is 0 Å². The van der Waals surface area contributed by atoms with Crippen LogP contribution in [0.25, 0.3) is 11.1 Å². The van der Waals surface area contributed by atoms with Crippen LogP contribution in [0.5, 0.6) is 0 Å². The summed E-state index contributed by atoms with van der Waals surface area (Å²) in [6, 6.07) is 11.1. The molecule has 5 aromatic rings. The molecule has 10 rings (SSSR count). The maximum Gasteiger partial charge on any atom is 0.276 e. The van der Waals surface area contributed by atoms with E-state index in [0.29, 0.717) is 60.2 Å². The number of aliphatic hydroxyl groups excluding tert-OH is 1. The highest BCUT2D eigenvalue weighted by Crippen LogP contribution is 2.40. The Labute approximate surface area is 385 Å². The van der Waals surface area contributed by atoms with E-state index < -0.39 is 35.5 Å². The number of piperidine rings is 2. The van der Waals surface area contributed by atoms with Crippen LogP contribution >= 0.6 is 0 Å². The van der Waals surface area contributed by atoms with Crippen LogP contribution in [0, 0.1) is 11.2 Å². The summed E-state index contributed by atoms with van der Waals surface area (Å²) >= 11 is 0. The quantitative estimate of drug-likeness (QED) is 0.169. The molecule has 17 nitrogen and oxygen atoms in total. The van der Waals surface area contributed by atoms with Crippen molar-refractivity contribution in [1.29, 1.82) is 0 Å². The van der Waals surface area contributed by atoms with Gasteiger partial charge < -0.3 is 24.5 Å².